The number of nitrogen functional groups attached to an aromatic ring is 1. The van der Waals surface area contributed by atoms with Gasteiger partial charge < -0.3 is 20.3 Å². The van der Waals surface area contributed by atoms with Gasteiger partial charge in [0.15, 0.2) is 6.10 Å². The molecule has 2 aromatic rings. The highest BCUT2D eigenvalue weighted by Crippen LogP contribution is 2.17. The molecule has 1 aromatic heterocycles. The van der Waals surface area contributed by atoms with Crippen LogP contribution in [0.2, 0.25) is 0 Å². The van der Waals surface area contributed by atoms with E-state index in [0.29, 0.717) is 5.69 Å². The lowest BCUT2D eigenvalue weighted by Gasteiger charge is -2.18. The lowest BCUT2D eigenvalue weighted by molar-refractivity contribution is -0.129. The summed E-state index contributed by atoms with van der Waals surface area (Å²) in [7, 11) is 0. The van der Waals surface area contributed by atoms with Gasteiger partial charge in [0.2, 0.25) is 5.88 Å². The molecule has 0 unspecified atom stereocenters. The first kappa shape index (κ1) is 18.5. The van der Waals surface area contributed by atoms with E-state index in [2.05, 4.69) is 10.5 Å². The summed E-state index contributed by atoms with van der Waals surface area (Å²) in [4.78, 5) is 24.3. The van der Waals surface area contributed by atoms with Gasteiger partial charge in [-0.15, -0.1) is 0 Å². The fraction of sp³-hybridized carbons (Fsp3) is 0.389. The number of aryl methyl sites for hydroxylation is 2. The minimum Gasteiger partial charge on any atom is -0.449 e. The normalized spacial score (nSPS) is 13.1. The Morgan fingerprint density at radius 2 is 1.96 bits per heavy atom. The number of esters is 1. The lowest BCUT2D eigenvalue weighted by atomic mass is 10.1. The Hall–Kier alpha value is -2.83. The molecule has 0 saturated carbocycles. The second kappa shape index (κ2) is 8.32. The number of hydrogen-bond donors (Lipinski definition) is 2. The van der Waals surface area contributed by atoms with Crippen molar-refractivity contribution in [1.29, 1.82) is 0 Å². The number of hydrogen-bond acceptors (Lipinski definition) is 6. The van der Waals surface area contributed by atoms with Crippen LogP contribution in [0, 0.1) is 6.92 Å². The molecule has 134 valence electrons. The van der Waals surface area contributed by atoms with Crippen LogP contribution in [0.1, 0.15) is 41.9 Å². The minimum atomic E-state index is -0.944. The minimum absolute atomic E-state index is 0.0451. The number of carbonyl (C=O) groups is 2. The van der Waals surface area contributed by atoms with Gasteiger partial charge in [-0.2, -0.15) is 0 Å². The first-order valence-corrected chi connectivity index (χ1v) is 8.15. The summed E-state index contributed by atoms with van der Waals surface area (Å²) < 4.78 is 9.87. The Bertz CT molecular complexity index is 708. The van der Waals surface area contributed by atoms with E-state index in [1.165, 1.54) is 12.5 Å². The fourth-order valence-corrected chi connectivity index (χ4v) is 2.37. The Labute approximate surface area is 146 Å². The third-order valence-electron chi connectivity index (χ3n) is 3.84. The maximum atomic E-state index is 12.2. The number of ether oxygens (including phenoxy) is 1. The van der Waals surface area contributed by atoms with E-state index in [0.717, 1.165) is 12.8 Å². The quantitative estimate of drug-likeness (QED) is 0.745. The average Bonchev–Trinajstić information content (AvgIpc) is 2.92. The molecule has 0 saturated heterocycles. The molecule has 1 heterocycles. The van der Waals surface area contributed by atoms with Crippen LogP contribution in [0.15, 0.2) is 34.9 Å². The second-order valence-electron chi connectivity index (χ2n) is 5.99. The van der Waals surface area contributed by atoms with Gasteiger partial charge in [-0.3, -0.25) is 4.79 Å². The molecule has 0 bridgehead atoms. The zero-order valence-electron chi connectivity index (χ0n) is 14.6. The number of nitrogens with zero attached hydrogens (tertiary/aromatic N) is 1. The van der Waals surface area contributed by atoms with Gasteiger partial charge >= 0.3 is 5.97 Å². The molecule has 0 radical (unpaired) electrons. The van der Waals surface area contributed by atoms with E-state index in [1.54, 1.807) is 6.92 Å². The molecule has 7 heteroatoms. The summed E-state index contributed by atoms with van der Waals surface area (Å²) in [5.41, 5.74) is 7.13. The molecule has 0 aliphatic carbocycles. The highest BCUT2D eigenvalue weighted by atomic mass is 16.5. The van der Waals surface area contributed by atoms with Crippen LogP contribution in [0.25, 0.3) is 0 Å². The zero-order valence-corrected chi connectivity index (χ0v) is 14.6. The number of aromatic nitrogens is 1. The van der Waals surface area contributed by atoms with Crippen LogP contribution in [-0.2, 0) is 16.0 Å². The van der Waals surface area contributed by atoms with E-state index >= 15 is 0 Å². The summed E-state index contributed by atoms with van der Waals surface area (Å²) >= 11 is 0. The maximum absolute atomic E-state index is 12.2. The highest BCUT2D eigenvalue weighted by molar-refractivity contribution is 5.96. The molecule has 1 aromatic carbocycles. The average molecular weight is 345 g/mol. The third-order valence-corrected chi connectivity index (χ3v) is 3.84. The number of benzene rings is 1. The van der Waals surface area contributed by atoms with Crippen molar-refractivity contribution in [2.75, 3.05) is 5.73 Å². The van der Waals surface area contributed by atoms with Gasteiger partial charge in [0.1, 0.15) is 5.56 Å². The number of amides is 1. The van der Waals surface area contributed by atoms with Crippen LogP contribution in [0.3, 0.4) is 0 Å². The van der Waals surface area contributed by atoms with Crippen molar-refractivity contribution in [3.63, 3.8) is 0 Å². The van der Waals surface area contributed by atoms with E-state index in [9.17, 15) is 9.59 Å². The largest absolute Gasteiger partial charge is 0.449 e. The Kier molecular flexibility index (Phi) is 6.16. The van der Waals surface area contributed by atoms with Crippen LogP contribution >= 0.6 is 0 Å². The second-order valence-corrected chi connectivity index (χ2v) is 5.99. The molecular weight excluding hydrogens is 322 g/mol. The van der Waals surface area contributed by atoms with Crippen molar-refractivity contribution in [1.82, 2.24) is 10.5 Å². The zero-order chi connectivity index (χ0) is 18.4. The van der Waals surface area contributed by atoms with Crippen molar-refractivity contribution in [2.45, 2.75) is 45.8 Å². The SMILES string of the molecule is Cc1noc(N)c1C(=O)O[C@@H](C)C(=O)N[C@@H](C)CCc1ccccc1. The van der Waals surface area contributed by atoms with E-state index < -0.39 is 12.1 Å². The smallest absolute Gasteiger partial charge is 0.346 e. The van der Waals surface area contributed by atoms with Gasteiger partial charge in [-0.25, -0.2) is 4.79 Å². The van der Waals surface area contributed by atoms with E-state index in [-0.39, 0.29) is 23.4 Å². The third kappa shape index (κ3) is 5.07. The van der Waals surface area contributed by atoms with Crippen molar-refractivity contribution >= 4 is 17.8 Å². The number of nitrogens with two attached hydrogens (primary N) is 1. The van der Waals surface area contributed by atoms with Crippen LogP contribution in [0.4, 0.5) is 5.88 Å². The van der Waals surface area contributed by atoms with Crippen molar-refractivity contribution in [3.05, 3.63) is 47.2 Å². The lowest BCUT2D eigenvalue weighted by Crippen LogP contribution is -2.41. The first-order chi connectivity index (χ1) is 11.9. The van der Waals surface area contributed by atoms with Crippen molar-refractivity contribution < 1.29 is 18.8 Å². The Balaban J connectivity index is 1.82. The van der Waals surface area contributed by atoms with Crippen molar-refractivity contribution in [2.24, 2.45) is 0 Å². The molecule has 7 nitrogen and oxygen atoms in total. The molecule has 0 aliphatic heterocycles. The van der Waals surface area contributed by atoms with Crippen LogP contribution in [0.5, 0.6) is 0 Å². The predicted molar refractivity (Wildman–Crippen MR) is 92.9 cm³/mol. The number of nitrogens with one attached hydrogen (secondary N) is 1. The van der Waals surface area contributed by atoms with Gasteiger partial charge in [0.05, 0.1) is 5.69 Å². The molecule has 1 amide bonds. The molecule has 3 N–H and O–H groups in total. The van der Waals surface area contributed by atoms with E-state index in [1.807, 2.05) is 37.3 Å². The summed E-state index contributed by atoms with van der Waals surface area (Å²) in [5, 5.41) is 6.43. The molecule has 25 heavy (non-hydrogen) atoms. The summed E-state index contributed by atoms with van der Waals surface area (Å²) in [6.45, 7) is 5.00. The molecule has 0 fully saturated rings. The standard InChI is InChI=1S/C18H23N3O4/c1-11(9-10-14-7-5-4-6-8-14)20-17(22)13(3)24-18(23)15-12(2)21-25-16(15)19/h4-8,11,13H,9-10,19H2,1-3H3,(H,20,22)/t11-,13-/m0/s1. The topological polar surface area (TPSA) is 107 Å². The first-order valence-electron chi connectivity index (χ1n) is 8.15. The van der Waals surface area contributed by atoms with Crippen molar-refractivity contribution in [3.8, 4) is 0 Å². The van der Waals surface area contributed by atoms with Gasteiger partial charge in [-0.05, 0) is 39.2 Å². The van der Waals surface area contributed by atoms with Gasteiger partial charge in [-0.1, -0.05) is 35.5 Å². The van der Waals surface area contributed by atoms with E-state index in [4.69, 9.17) is 15.0 Å². The number of rotatable bonds is 7. The predicted octanol–water partition coefficient (Wildman–Crippen LogP) is 2.25. The Morgan fingerprint density at radius 1 is 1.28 bits per heavy atom. The van der Waals surface area contributed by atoms with Gasteiger partial charge in [0, 0.05) is 6.04 Å². The number of carbonyl (C=O) groups excluding carboxylic acids is 2. The Morgan fingerprint density at radius 3 is 2.56 bits per heavy atom. The van der Waals surface area contributed by atoms with Gasteiger partial charge in [0.25, 0.3) is 5.91 Å². The number of anilines is 1. The summed E-state index contributed by atoms with van der Waals surface area (Å²) in [6, 6.07) is 9.98. The molecule has 2 atom stereocenters. The van der Waals surface area contributed by atoms with Crippen LogP contribution < -0.4 is 11.1 Å². The highest BCUT2D eigenvalue weighted by Gasteiger charge is 2.25. The molecular formula is C18H23N3O4. The maximum Gasteiger partial charge on any atom is 0.346 e. The molecule has 0 aliphatic rings. The summed E-state index contributed by atoms with van der Waals surface area (Å²) in [5.74, 6) is -1.20. The molecule has 2 rings (SSSR count). The van der Waals surface area contributed by atoms with Crippen LogP contribution in [-0.4, -0.2) is 29.2 Å². The molecule has 0 spiro atoms. The summed E-state index contributed by atoms with van der Waals surface area (Å²) in [6.07, 6.45) is 0.696. The monoisotopic (exact) mass is 345 g/mol. The fourth-order valence-electron chi connectivity index (χ4n) is 2.37.